The van der Waals surface area contributed by atoms with E-state index in [4.69, 9.17) is 4.74 Å². The standard InChI is InChI=1S/C47H85NO/c1-6-8-10-12-14-16-18-20-22-24-26-28-30-32-34-36-38-47(42-46(4,43-47)49-45-41-48(5)40-44(45)3)39-37-35-33-31-29-27-25-23-21-19-17-15-13-11-9-7-2/h14-17,20-23,44-45H,6-13,18-19,24-43H2,1-5H3/b16-14-,17-15-,22-20-,23-21-/t44-,45-/m1/s1. The molecule has 2 nitrogen and oxygen atoms in total. The summed E-state index contributed by atoms with van der Waals surface area (Å²) in [5.41, 5.74) is 0.661. The fourth-order valence-electron chi connectivity index (χ4n) is 8.76. The Morgan fingerprint density at radius 1 is 0.531 bits per heavy atom. The van der Waals surface area contributed by atoms with Gasteiger partial charge in [0.05, 0.1) is 11.7 Å². The molecule has 1 saturated heterocycles. The summed E-state index contributed by atoms with van der Waals surface area (Å²) in [6.07, 6.45) is 57.1. The molecule has 0 aromatic rings. The van der Waals surface area contributed by atoms with Gasteiger partial charge in [0.1, 0.15) is 0 Å². The average molecular weight is 680 g/mol. The highest BCUT2D eigenvalue weighted by Gasteiger charge is 2.53. The van der Waals surface area contributed by atoms with E-state index in [1.165, 1.54) is 173 Å². The van der Waals surface area contributed by atoms with E-state index < -0.39 is 0 Å². The number of hydrogen-bond acceptors (Lipinski definition) is 2. The molecule has 2 rings (SSSR count). The maximum absolute atomic E-state index is 6.88. The summed E-state index contributed by atoms with van der Waals surface area (Å²) in [4.78, 5) is 2.46. The lowest BCUT2D eigenvalue weighted by Crippen LogP contribution is -2.54. The highest BCUT2D eigenvalue weighted by molar-refractivity contribution is 5.04. The Balaban J connectivity index is 1.59. The summed E-state index contributed by atoms with van der Waals surface area (Å²) in [5, 5.41) is 0. The fourth-order valence-corrected chi connectivity index (χ4v) is 8.76. The minimum Gasteiger partial charge on any atom is -0.370 e. The van der Waals surface area contributed by atoms with Gasteiger partial charge in [0, 0.05) is 13.1 Å². The second kappa shape index (κ2) is 28.5. The number of unbranched alkanes of at least 4 members (excludes halogenated alkanes) is 18. The molecule has 2 atom stereocenters. The molecule has 1 saturated carbocycles. The normalized spacial score (nSPS) is 20.9. The molecule has 0 aromatic heterocycles. The molecule has 0 amide bonds. The van der Waals surface area contributed by atoms with Gasteiger partial charge in [-0.2, -0.15) is 0 Å². The number of hydrogen-bond donors (Lipinski definition) is 0. The summed E-state index contributed by atoms with van der Waals surface area (Å²) < 4.78 is 6.88. The Bertz CT molecular complexity index is 827. The van der Waals surface area contributed by atoms with Gasteiger partial charge in [-0.25, -0.2) is 0 Å². The van der Waals surface area contributed by atoms with Gasteiger partial charge in [0.2, 0.25) is 0 Å². The maximum Gasteiger partial charge on any atom is 0.0746 e. The van der Waals surface area contributed by atoms with Gasteiger partial charge in [-0.3, -0.25) is 0 Å². The third-order valence-corrected chi connectivity index (χ3v) is 11.5. The molecule has 0 radical (unpaired) electrons. The van der Waals surface area contributed by atoms with Crippen molar-refractivity contribution in [3.8, 4) is 0 Å². The molecule has 1 aliphatic heterocycles. The van der Waals surface area contributed by atoms with Gasteiger partial charge in [-0.1, -0.05) is 159 Å². The third kappa shape index (κ3) is 21.8. The molecular weight excluding hydrogens is 595 g/mol. The minimum absolute atomic E-state index is 0.112. The second-order valence-corrected chi connectivity index (χ2v) is 16.8. The third-order valence-electron chi connectivity index (χ3n) is 11.5. The van der Waals surface area contributed by atoms with Crippen molar-refractivity contribution in [3.63, 3.8) is 0 Å². The van der Waals surface area contributed by atoms with Gasteiger partial charge in [-0.05, 0) is 115 Å². The molecule has 2 aliphatic rings. The quantitative estimate of drug-likeness (QED) is 0.0518. The highest BCUT2D eigenvalue weighted by Crippen LogP contribution is 2.57. The molecule has 0 unspecified atom stereocenters. The molecule has 0 aromatic carbocycles. The van der Waals surface area contributed by atoms with Crippen LogP contribution in [-0.2, 0) is 4.74 Å². The van der Waals surface area contributed by atoms with E-state index in [1.54, 1.807) is 0 Å². The lowest BCUT2D eigenvalue weighted by molar-refractivity contribution is -0.194. The number of rotatable bonds is 32. The first-order valence-electron chi connectivity index (χ1n) is 21.9. The number of likely N-dealkylation sites (tertiary alicyclic amines) is 1. The van der Waals surface area contributed by atoms with Crippen molar-refractivity contribution >= 4 is 0 Å². The number of nitrogens with zero attached hydrogens (tertiary/aromatic N) is 1. The number of ether oxygens (including phenoxy) is 1. The average Bonchev–Trinajstić information content (AvgIpc) is 3.38. The van der Waals surface area contributed by atoms with Crippen molar-refractivity contribution in [1.82, 2.24) is 4.90 Å². The minimum atomic E-state index is 0.112. The largest absolute Gasteiger partial charge is 0.370 e. The van der Waals surface area contributed by atoms with Gasteiger partial charge in [0.25, 0.3) is 0 Å². The first kappa shape index (κ1) is 44.0. The molecule has 0 bridgehead atoms. The lowest BCUT2D eigenvalue weighted by Gasteiger charge is -2.56. The van der Waals surface area contributed by atoms with Crippen LogP contribution < -0.4 is 0 Å². The Kier molecular flexibility index (Phi) is 25.6. The first-order valence-corrected chi connectivity index (χ1v) is 21.9. The highest BCUT2D eigenvalue weighted by atomic mass is 16.5. The predicted molar refractivity (Wildman–Crippen MR) is 220 cm³/mol. The van der Waals surface area contributed by atoms with Crippen LogP contribution in [0.4, 0.5) is 0 Å². The number of likely N-dealkylation sites (N-methyl/N-ethyl adjacent to an activating group) is 1. The van der Waals surface area contributed by atoms with Crippen molar-refractivity contribution in [3.05, 3.63) is 48.6 Å². The van der Waals surface area contributed by atoms with E-state index >= 15 is 0 Å². The van der Waals surface area contributed by atoms with Crippen molar-refractivity contribution in [2.45, 2.75) is 219 Å². The monoisotopic (exact) mass is 680 g/mol. The topological polar surface area (TPSA) is 12.5 Å². The zero-order valence-corrected chi connectivity index (χ0v) is 33.8. The zero-order chi connectivity index (χ0) is 35.3. The van der Waals surface area contributed by atoms with Crippen molar-refractivity contribution in [1.29, 1.82) is 0 Å². The van der Waals surface area contributed by atoms with Gasteiger partial charge < -0.3 is 9.64 Å². The van der Waals surface area contributed by atoms with Crippen LogP contribution in [0, 0.1) is 11.3 Å². The van der Waals surface area contributed by atoms with E-state index in [0.717, 1.165) is 19.4 Å². The van der Waals surface area contributed by atoms with E-state index in [9.17, 15) is 0 Å². The van der Waals surface area contributed by atoms with Gasteiger partial charge in [0.15, 0.2) is 0 Å². The molecule has 2 fully saturated rings. The van der Waals surface area contributed by atoms with Crippen LogP contribution >= 0.6 is 0 Å². The first-order chi connectivity index (χ1) is 23.9. The van der Waals surface area contributed by atoms with Crippen LogP contribution in [-0.4, -0.2) is 36.7 Å². The Hall–Kier alpha value is -1.12. The molecule has 0 spiro atoms. The van der Waals surface area contributed by atoms with E-state index in [2.05, 4.69) is 88.3 Å². The Labute approximate surface area is 308 Å². The molecule has 2 heteroatoms. The Morgan fingerprint density at radius 3 is 1.31 bits per heavy atom. The maximum atomic E-state index is 6.88. The summed E-state index contributed by atoms with van der Waals surface area (Å²) in [6, 6.07) is 0. The van der Waals surface area contributed by atoms with Crippen LogP contribution in [0.25, 0.3) is 0 Å². The van der Waals surface area contributed by atoms with Crippen LogP contribution in [0.1, 0.15) is 207 Å². The second-order valence-electron chi connectivity index (χ2n) is 16.8. The molecule has 0 N–H and O–H groups in total. The van der Waals surface area contributed by atoms with E-state index in [1.807, 2.05) is 0 Å². The molecule has 1 aliphatic carbocycles. The summed E-state index contributed by atoms with van der Waals surface area (Å²) in [6.45, 7) is 11.7. The predicted octanol–water partition coefficient (Wildman–Crippen LogP) is 14.9. The van der Waals surface area contributed by atoms with E-state index in [-0.39, 0.29) is 5.60 Å². The van der Waals surface area contributed by atoms with Crippen LogP contribution in [0.3, 0.4) is 0 Å². The van der Waals surface area contributed by atoms with Crippen molar-refractivity contribution in [2.24, 2.45) is 11.3 Å². The van der Waals surface area contributed by atoms with Gasteiger partial charge >= 0.3 is 0 Å². The molecule has 1 heterocycles. The smallest absolute Gasteiger partial charge is 0.0746 e. The summed E-state index contributed by atoms with van der Waals surface area (Å²) in [5.74, 6) is 0.664. The lowest BCUT2D eigenvalue weighted by atomic mass is 9.55. The molecule has 284 valence electrons. The summed E-state index contributed by atoms with van der Waals surface area (Å²) in [7, 11) is 2.25. The van der Waals surface area contributed by atoms with Crippen LogP contribution in [0.15, 0.2) is 48.6 Å². The van der Waals surface area contributed by atoms with Crippen molar-refractivity contribution in [2.75, 3.05) is 20.1 Å². The Morgan fingerprint density at radius 2 is 0.918 bits per heavy atom. The zero-order valence-electron chi connectivity index (χ0n) is 33.8. The van der Waals surface area contributed by atoms with Crippen LogP contribution in [0.5, 0.6) is 0 Å². The number of allylic oxidation sites excluding steroid dienone is 8. The van der Waals surface area contributed by atoms with Gasteiger partial charge in [-0.15, -0.1) is 0 Å². The molecular formula is C47H85NO. The molecule has 49 heavy (non-hydrogen) atoms. The van der Waals surface area contributed by atoms with Crippen LogP contribution in [0.2, 0.25) is 0 Å². The van der Waals surface area contributed by atoms with E-state index in [0.29, 0.717) is 17.4 Å². The van der Waals surface area contributed by atoms with Crippen molar-refractivity contribution < 1.29 is 4.74 Å². The SMILES string of the molecule is CCCCC/C=C\C/C=C\CCCCCCCCC1(CCCCCCCC/C=C\C/C=C\CCCCC)CC(C)(O[C@@H]2CN(C)C[C@H]2C)C1. The fraction of sp³-hybridized carbons (Fsp3) is 0.830. The summed E-state index contributed by atoms with van der Waals surface area (Å²) >= 11 is 0.